The van der Waals surface area contributed by atoms with E-state index in [4.69, 9.17) is 4.74 Å². The van der Waals surface area contributed by atoms with Gasteiger partial charge in [-0.2, -0.15) is 5.10 Å². The van der Waals surface area contributed by atoms with Gasteiger partial charge in [-0.3, -0.25) is 4.79 Å². The van der Waals surface area contributed by atoms with Gasteiger partial charge >= 0.3 is 0 Å². The second-order valence-corrected chi connectivity index (χ2v) is 5.34. The molecular formula is C19H22N2O2. The molecule has 1 N–H and O–H groups in total. The Bertz CT molecular complexity index is 649. The van der Waals surface area contributed by atoms with Gasteiger partial charge in [-0.15, -0.1) is 0 Å². The quantitative estimate of drug-likeness (QED) is 0.616. The van der Waals surface area contributed by atoms with E-state index in [0.717, 1.165) is 29.9 Å². The van der Waals surface area contributed by atoms with Crippen molar-refractivity contribution in [2.24, 2.45) is 5.10 Å². The molecule has 0 unspecified atom stereocenters. The molecule has 1 amide bonds. The van der Waals surface area contributed by atoms with Gasteiger partial charge in [0.05, 0.1) is 0 Å². The summed E-state index contributed by atoms with van der Waals surface area (Å²) in [6.45, 7) is 4.46. The Hall–Kier alpha value is -2.62. The maximum atomic E-state index is 12.0. The van der Waals surface area contributed by atoms with Crippen LogP contribution in [0.15, 0.2) is 59.7 Å². The number of rotatable bonds is 7. The first-order valence-corrected chi connectivity index (χ1v) is 7.79. The second-order valence-electron chi connectivity index (χ2n) is 5.34. The number of hydrogen-bond donors (Lipinski definition) is 1. The molecule has 0 saturated carbocycles. The van der Waals surface area contributed by atoms with Crippen LogP contribution in [0.1, 0.15) is 42.6 Å². The lowest BCUT2D eigenvalue weighted by Crippen LogP contribution is -2.19. The Kier molecular flexibility index (Phi) is 6.36. The average molecular weight is 310 g/mol. The van der Waals surface area contributed by atoms with Crippen LogP contribution in [0.4, 0.5) is 0 Å². The molecule has 4 nitrogen and oxygen atoms in total. The zero-order valence-electron chi connectivity index (χ0n) is 13.6. The largest absolute Gasteiger partial charge is 0.489 e. The van der Waals surface area contributed by atoms with Crippen molar-refractivity contribution < 1.29 is 9.53 Å². The van der Waals surface area contributed by atoms with Crippen molar-refractivity contribution in [2.45, 2.75) is 33.3 Å². The highest BCUT2D eigenvalue weighted by molar-refractivity contribution is 5.95. The SMILES string of the molecule is CCC/C(C)=N\NC(=O)c1ccc(COc2ccccc2)cc1. The summed E-state index contributed by atoms with van der Waals surface area (Å²) in [5.74, 6) is 0.631. The van der Waals surface area contributed by atoms with Crippen LogP contribution in [0.3, 0.4) is 0 Å². The molecule has 0 aliphatic heterocycles. The molecule has 0 fully saturated rings. The fourth-order valence-corrected chi connectivity index (χ4v) is 2.06. The smallest absolute Gasteiger partial charge is 0.271 e. The maximum absolute atomic E-state index is 12.0. The molecule has 0 saturated heterocycles. The number of amides is 1. The molecule has 0 bridgehead atoms. The fraction of sp³-hybridized carbons (Fsp3) is 0.263. The van der Waals surface area contributed by atoms with Gasteiger partial charge in [0.2, 0.25) is 0 Å². The minimum atomic E-state index is -0.198. The summed E-state index contributed by atoms with van der Waals surface area (Å²) in [4.78, 5) is 12.0. The summed E-state index contributed by atoms with van der Waals surface area (Å²) >= 11 is 0. The van der Waals surface area contributed by atoms with Crippen molar-refractivity contribution >= 4 is 11.6 Å². The van der Waals surface area contributed by atoms with Crippen LogP contribution in [0, 0.1) is 0 Å². The number of carbonyl (C=O) groups is 1. The van der Waals surface area contributed by atoms with Crippen LogP contribution < -0.4 is 10.2 Å². The van der Waals surface area contributed by atoms with E-state index in [9.17, 15) is 4.79 Å². The predicted octanol–water partition coefficient (Wildman–Crippen LogP) is 4.17. The van der Waals surface area contributed by atoms with Crippen molar-refractivity contribution in [2.75, 3.05) is 0 Å². The van der Waals surface area contributed by atoms with Crippen LogP contribution in [-0.4, -0.2) is 11.6 Å². The van der Waals surface area contributed by atoms with Crippen molar-refractivity contribution in [3.63, 3.8) is 0 Å². The number of hydrazone groups is 1. The lowest BCUT2D eigenvalue weighted by Gasteiger charge is -2.07. The van der Waals surface area contributed by atoms with Crippen molar-refractivity contribution in [1.82, 2.24) is 5.43 Å². The second kappa shape index (κ2) is 8.73. The van der Waals surface area contributed by atoms with Gasteiger partial charge in [0.15, 0.2) is 0 Å². The summed E-state index contributed by atoms with van der Waals surface area (Å²) < 4.78 is 5.68. The van der Waals surface area contributed by atoms with Gasteiger partial charge in [0, 0.05) is 11.3 Å². The molecule has 2 aromatic rings. The van der Waals surface area contributed by atoms with E-state index in [1.165, 1.54) is 0 Å². The molecule has 23 heavy (non-hydrogen) atoms. The molecular weight excluding hydrogens is 288 g/mol. The van der Waals surface area contributed by atoms with Crippen LogP contribution in [0.25, 0.3) is 0 Å². The molecule has 0 heterocycles. The first-order valence-electron chi connectivity index (χ1n) is 7.79. The monoisotopic (exact) mass is 310 g/mol. The van der Waals surface area contributed by atoms with Crippen LogP contribution in [0.2, 0.25) is 0 Å². The Morgan fingerprint density at radius 3 is 2.43 bits per heavy atom. The summed E-state index contributed by atoms with van der Waals surface area (Å²) in [5, 5.41) is 4.08. The number of hydrogen-bond acceptors (Lipinski definition) is 3. The number of para-hydroxylation sites is 1. The van der Waals surface area contributed by atoms with Gasteiger partial charge in [0.25, 0.3) is 5.91 Å². The average Bonchev–Trinajstić information content (AvgIpc) is 2.59. The number of carbonyl (C=O) groups excluding carboxylic acids is 1. The topological polar surface area (TPSA) is 50.7 Å². The molecule has 2 aromatic carbocycles. The van der Waals surface area contributed by atoms with E-state index >= 15 is 0 Å². The zero-order valence-corrected chi connectivity index (χ0v) is 13.6. The fourth-order valence-electron chi connectivity index (χ4n) is 2.06. The highest BCUT2D eigenvalue weighted by Crippen LogP contribution is 2.12. The summed E-state index contributed by atoms with van der Waals surface area (Å²) in [5.41, 5.74) is 5.10. The number of nitrogens with zero attached hydrogens (tertiary/aromatic N) is 1. The first-order chi connectivity index (χ1) is 11.2. The number of ether oxygens (including phenoxy) is 1. The lowest BCUT2D eigenvalue weighted by atomic mass is 10.1. The van der Waals surface area contributed by atoms with E-state index < -0.39 is 0 Å². The van der Waals surface area contributed by atoms with E-state index in [2.05, 4.69) is 17.5 Å². The Morgan fingerprint density at radius 1 is 1.09 bits per heavy atom. The zero-order chi connectivity index (χ0) is 16.5. The first kappa shape index (κ1) is 16.7. The Morgan fingerprint density at radius 2 is 1.78 bits per heavy atom. The molecule has 4 heteroatoms. The Labute approximate surface area is 137 Å². The highest BCUT2D eigenvalue weighted by atomic mass is 16.5. The lowest BCUT2D eigenvalue weighted by molar-refractivity contribution is 0.0954. The van der Waals surface area contributed by atoms with Crippen molar-refractivity contribution in [1.29, 1.82) is 0 Å². The van der Waals surface area contributed by atoms with Gasteiger partial charge < -0.3 is 4.74 Å². The summed E-state index contributed by atoms with van der Waals surface area (Å²) in [6.07, 6.45) is 1.90. The highest BCUT2D eigenvalue weighted by Gasteiger charge is 2.05. The van der Waals surface area contributed by atoms with Crippen LogP contribution >= 0.6 is 0 Å². The minimum absolute atomic E-state index is 0.198. The third kappa shape index (κ3) is 5.58. The standard InChI is InChI=1S/C19H22N2O2/c1-3-7-15(2)20-21-19(22)17-12-10-16(11-13-17)14-23-18-8-5-4-6-9-18/h4-6,8-13H,3,7,14H2,1-2H3,(H,21,22)/b20-15-. The molecule has 120 valence electrons. The predicted molar refractivity (Wildman–Crippen MR) is 92.7 cm³/mol. The van der Waals surface area contributed by atoms with E-state index in [1.54, 1.807) is 12.1 Å². The van der Waals surface area contributed by atoms with Crippen LogP contribution in [0.5, 0.6) is 5.75 Å². The molecule has 2 rings (SSSR count). The Balaban J connectivity index is 1.88. The normalized spacial score (nSPS) is 11.1. The maximum Gasteiger partial charge on any atom is 0.271 e. The van der Waals surface area contributed by atoms with E-state index in [-0.39, 0.29) is 5.91 Å². The van der Waals surface area contributed by atoms with Gasteiger partial charge in [-0.1, -0.05) is 43.7 Å². The van der Waals surface area contributed by atoms with E-state index in [0.29, 0.717) is 12.2 Å². The minimum Gasteiger partial charge on any atom is -0.489 e. The van der Waals surface area contributed by atoms with Crippen molar-refractivity contribution in [3.8, 4) is 5.75 Å². The van der Waals surface area contributed by atoms with Gasteiger partial charge in [0.1, 0.15) is 12.4 Å². The third-order valence-corrected chi connectivity index (χ3v) is 3.32. The number of nitrogens with one attached hydrogen (secondary N) is 1. The molecule has 0 atom stereocenters. The van der Waals surface area contributed by atoms with Gasteiger partial charge in [-0.05, 0) is 43.2 Å². The molecule has 0 aliphatic carbocycles. The van der Waals surface area contributed by atoms with E-state index in [1.807, 2.05) is 49.4 Å². The summed E-state index contributed by atoms with van der Waals surface area (Å²) in [6, 6.07) is 17.0. The molecule has 0 radical (unpaired) electrons. The summed E-state index contributed by atoms with van der Waals surface area (Å²) in [7, 11) is 0. The van der Waals surface area contributed by atoms with Gasteiger partial charge in [-0.25, -0.2) is 5.43 Å². The van der Waals surface area contributed by atoms with Crippen LogP contribution in [-0.2, 0) is 6.61 Å². The third-order valence-electron chi connectivity index (χ3n) is 3.32. The molecule has 0 aliphatic rings. The molecule has 0 spiro atoms. The van der Waals surface area contributed by atoms with Crippen molar-refractivity contribution in [3.05, 3.63) is 65.7 Å². The molecule has 0 aromatic heterocycles. The number of benzene rings is 2.